The fourth-order valence-corrected chi connectivity index (χ4v) is 0. The first-order valence-corrected chi connectivity index (χ1v) is 1.84. The second-order valence-corrected chi connectivity index (χ2v) is 0.766. The number of carbonyl (C=O) groups is 1. The van der Waals surface area contributed by atoms with Gasteiger partial charge in [0.05, 0.1) is 6.54 Å². The van der Waals surface area contributed by atoms with E-state index in [0.29, 0.717) is 0 Å². The molecule has 0 aromatic heterocycles. The Morgan fingerprint density at radius 2 is 2.00 bits per heavy atom. The van der Waals surface area contributed by atoms with Crippen molar-refractivity contribution in [1.29, 1.82) is 0 Å². The molecule has 0 rings (SSSR count). The lowest BCUT2D eigenvalue weighted by Crippen LogP contribution is -2.48. The van der Waals surface area contributed by atoms with Gasteiger partial charge >= 0.3 is 0 Å². The van der Waals surface area contributed by atoms with Crippen LogP contribution in [-0.2, 0) is 0 Å². The van der Waals surface area contributed by atoms with Gasteiger partial charge < -0.3 is 20.7 Å². The van der Waals surface area contributed by atoms with Crippen molar-refractivity contribution in [3.63, 3.8) is 0 Å². The average Bonchev–Trinajstić information content (AvgIpc) is 1.33. The fraction of sp³-hybridized carbons (Fsp3) is 0.667. The van der Waals surface area contributed by atoms with Gasteiger partial charge in [0.1, 0.15) is 0 Å². The summed E-state index contributed by atoms with van der Waals surface area (Å²) in [4.78, 5) is 8.44. The van der Waals surface area contributed by atoms with Gasteiger partial charge in [0.2, 0.25) is 6.16 Å². The number of hydrogen-bond acceptors (Lipinski definition) is 2. The van der Waals surface area contributed by atoms with Crippen LogP contribution in [0.1, 0.15) is 6.92 Å². The molecule has 44 valence electrons. The molecule has 0 unspecified atom stereocenters. The maximum atomic E-state index is 8.44. The quantitative estimate of drug-likeness (QED) is 0.380. The molecule has 0 aliphatic rings. The number of hydrogen-bond donors (Lipinski definition) is 2. The predicted octanol–water partition coefficient (Wildman–Crippen LogP) is -1.86. The summed E-state index contributed by atoms with van der Waals surface area (Å²) in [7, 11) is 0. The molecule has 0 saturated carbocycles. The Morgan fingerprint density at radius 3 is 2.00 bits per heavy atom. The highest BCUT2D eigenvalue weighted by Crippen LogP contribution is 1.32. The molecule has 0 fully saturated rings. The van der Waals surface area contributed by atoms with Gasteiger partial charge in [-0.1, -0.05) is 0 Å². The lowest BCUT2D eigenvalue weighted by molar-refractivity contribution is -0.361. The summed E-state index contributed by atoms with van der Waals surface area (Å²) in [5, 5.41) is 15.3. The fourth-order valence-electron chi connectivity index (χ4n) is 0. The zero-order valence-corrected chi connectivity index (χ0v) is 4.18. The van der Waals surface area contributed by atoms with E-state index >= 15 is 0 Å². The summed E-state index contributed by atoms with van der Waals surface area (Å²) in [6.07, 6.45) is -2.08. The predicted molar refractivity (Wildman–Crippen MR) is 21.5 cm³/mol. The minimum atomic E-state index is -2.08. The summed E-state index contributed by atoms with van der Waals surface area (Å²) < 4.78 is 0. The van der Waals surface area contributed by atoms with E-state index in [1.807, 2.05) is 6.92 Å². The Hall–Kier alpha value is -0.770. The van der Waals surface area contributed by atoms with Crippen LogP contribution in [0.2, 0.25) is 0 Å². The highest BCUT2D eigenvalue weighted by Gasteiger charge is 1.51. The van der Waals surface area contributed by atoms with Gasteiger partial charge in [0, 0.05) is 0 Å². The van der Waals surface area contributed by atoms with E-state index in [1.54, 1.807) is 0 Å². The lowest BCUT2D eigenvalue weighted by atomic mass is 10.8. The second-order valence-electron chi connectivity index (χ2n) is 0.766. The topological polar surface area (TPSA) is 88.0 Å². The zero-order valence-electron chi connectivity index (χ0n) is 4.18. The van der Waals surface area contributed by atoms with E-state index in [-0.39, 0.29) is 0 Å². The molecule has 4 nitrogen and oxygen atoms in total. The third-order valence-electron chi connectivity index (χ3n) is 0. The normalized spacial score (nSPS) is 6.00. The molecule has 0 amide bonds. The first kappa shape index (κ1) is 9.52. The Kier molecular flexibility index (Phi) is 12.2. The van der Waals surface area contributed by atoms with Gasteiger partial charge in [-0.05, 0) is 6.92 Å². The van der Waals surface area contributed by atoms with Crippen LogP contribution in [0.4, 0.5) is 4.79 Å². The van der Waals surface area contributed by atoms with Crippen LogP contribution in [-0.4, -0.2) is 17.8 Å². The zero-order chi connectivity index (χ0) is 6.28. The maximum absolute atomic E-state index is 8.44. The smallest absolute Gasteiger partial charge is 0.249 e. The van der Waals surface area contributed by atoms with E-state index in [2.05, 4.69) is 5.73 Å². The summed E-state index contributed by atoms with van der Waals surface area (Å²) in [5.41, 5.74) is 3.49. The number of carboxylic acid groups (broad SMARTS) is 2. The van der Waals surface area contributed by atoms with Crippen LogP contribution in [0.25, 0.3) is 0 Å². The van der Waals surface area contributed by atoms with Crippen molar-refractivity contribution in [2.24, 2.45) is 0 Å². The molecule has 4 N–H and O–H groups in total. The van der Waals surface area contributed by atoms with Gasteiger partial charge in [-0.15, -0.1) is 0 Å². The molecule has 0 aromatic carbocycles. The van der Waals surface area contributed by atoms with Crippen molar-refractivity contribution in [1.82, 2.24) is 0 Å². The first-order valence-electron chi connectivity index (χ1n) is 1.84. The molecule has 0 heterocycles. The molecular formula is C3H9NO3. The van der Waals surface area contributed by atoms with Crippen LogP contribution >= 0.6 is 0 Å². The number of rotatable bonds is 0. The first-order chi connectivity index (χ1) is 3.15. The lowest BCUT2D eigenvalue weighted by Gasteiger charge is -1.74. The van der Waals surface area contributed by atoms with Gasteiger partial charge in [0.15, 0.2) is 0 Å². The molecule has 0 spiro atoms. The van der Waals surface area contributed by atoms with Crippen molar-refractivity contribution < 1.29 is 20.7 Å². The highest BCUT2D eigenvalue weighted by atomic mass is 16.6. The summed E-state index contributed by atoms with van der Waals surface area (Å²) >= 11 is 0. The monoisotopic (exact) mass is 107 g/mol. The SMILES string of the molecule is CC[NH3+].O=C([O-])O. The highest BCUT2D eigenvalue weighted by molar-refractivity contribution is 5.50. The summed E-state index contributed by atoms with van der Waals surface area (Å²) in [6.45, 7) is 3.01. The van der Waals surface area contributed by atoms with E-state index in [1.165, 1.54) is 0 Å². The molecule has 7 heavy (non-hydrogen) atoms. The standard InChI is InChI=1S/C2H7N.CH2O3/c1-2-3;2-1(3)4/h2-3H2,1H3;(H2,2,3,4). The van der Waals surface area contributed by atoms with Crippen molar-refractivity contribution in [2.45, 2.75) is 6.92 Å². The Balaban J connectivity index is 0. The molecular weight excluding hydrogens is 98.0 g/mol. The van der Waals surface area contributed by atoms with Crippen LogP contribution in [0.3, 0.4) is 0 Å². The Labute approximate surface area is 41.6 Å². The van der Waals surface area contributed by atoms with E-state index in [4.69, 9.17) is 15.0 Å². The van der Waals surface area contributed by atoms with Gasteiger partial charge in [-0.2, -0.15) is 0 Å². The third kappa shape index (κ3) is 92.0. The van der Waals surface area contributed by atoms with Crippen LogP contribution in [0.5, 0.6) is 0 Å². The summed E-state index contributed by atoms with van der Waals surface area (Å²) in [6, 6.07) is 0. The molecule has 0 saturated heterocycles. The largest absolute Gasteiger partial charge is 0.565 e. The van der Waals surface area contributed by atoms with E-state index in [0.717, 1.165) is 6.54 Å². The van der Waals surface area contributed by atoms with Gasteiger partial charge in [-0.25, -0.2) is 0 Å². The van der Waals surface area contributed by atoms with Crippen molar-refractivity contribution >= 4 is 6.16 Å². The molecule has 0 atom stereocenters. The van der Waals surface area contributed by atoms with Crippen LogP contribution < -0.4 is 10.8 Å². The second kappa shape index (κ2) is 8.97. The Morgan fingerprint density at radius 1 is 2.00 bits per heavy atom. The molecule has 4 heteroatoms. The molecule has 0 bridgehead atoms. The minimum absolute atomic E-state index is 1.00. The Bertz CT molecular complexity index is 41.4. The van der Waals surface area contributed by atoms with Gasteiger partial charge in [0.25, 0.3) is 0 Å². The van der Waals surface area contributed by atoms with E-state index in [9.17, 15) is 0 Å². The van der Waals surface area contributed by atoms with Crippen molar-refractivity contribution in [3.05, 3.63) is 0 Å². The summed E-state index contributed by atoms with van der Waals surface area (Å²) in [5.74, 6) is 0. The van der Waals surface area contributed by atoms with Crippen molar-refractivity contribution in [2.75, 3.05) is 6.54 Å². The minimum Gasteiger partial charge on any atom is -0.565 e. The molecule has 0 aliphatic heterocycles. The van der Waals surface area contributed by atoms with Crippen LogP contribution in [0, 0.1) is 0 Å². The average molecular weight is 107 g/mol. The third-order valence-corrected chi connectivity index (χ3v) is 0. The maximum Gasteiger partial charge on any atom is 0.249 e. The van der Waals surface area contributed by atoms with Crippen molar-refractivity contribution in [3.8, 4) is 0 Å². The molecule has 0 aliphatic carbocycles. The number of quaternary nitrogens is 1. The van der Waals surface area contributed by atoms with E-state index < -0.39 is 6.16 Å². The van der Waals surface area contributed by atoms with Crippen LogP contribution in [0.15, 0.2) is 0 Å². The van der Waals surface area contributed by atoms with Gasteiger partial charge in [-0.3, -0.25) is 0 Å². The molecule has 0 aromatic rings. The molecule has 0 radical (unpaired) electrons.